The molecule has 0 saturated carbocycles. The molecular weight excluding hydrogens is 287 g/mol. The Morgan fingerprint density at radius 3 is 2.67 bits per heavy atom. The molecule has 1 aliphatic rings. The molecule has 1 aliphatic heterocycles. The number of piperidine rings is 1. The summed E-state index contributed by atoms with van der Waals surface area (Å²) in [6, 6.07) is 3.69. The van der Waals surface area contributed by atoms with E-state index in [1.165, 1.54) is 12.1 Å². The SMILES string of the molecule is O=C(O)N1CCCC[C@H]1[C@@H](O)c1cccc(C(F)(F)F)c1. The number of likely N-dealkylation sites (tertiary alicyclic amines) is 1. The predicted octanol–water partition coefficient (Wildman–Crippen LogP) is 3.27. The van der Waals surface area contributed by atoms with Crippen LogP contribution in [0, 0.1) is 0 Å². The van der Waals surface area contributed by atoms with Crippen LogP contribution in [0.4, 0.5) is 18.0 Å². The molecule has 1 aromatic carbocycles. The van der Waals surface area contributed by atoms with Crippen LogP contribution in [-0.4, -0.2) is 33.8 Å². The van der Waals surface area contributed by atoms with Gasteiger partial charge in [0.05, 0.1) is 17.7 Å². The van der Waals surface area contributed by atoms with Gasteiger partial charge in [0.15, 0.2) is 0 Å². The summed E-state index contributed by atoms with van der Waals surface area (Å²) in [6.45, 7) is 0.288. The molecule has 0 spiro atoms. The Bertz CT molecular complexity index is 518. The normalized spacial score (nSPS) is 21.1. The van der Waals surface area contributed by atoms with E-state index < -0.39 is 30.0 Å². The van der Waals surface area contributed by atoms with Crippen molar-refractivity contribution in [2.24, 2.45) is 0 Å². The van der Waals surface area contributed by atoms with Crippen molar-refractivity contribution in [1.29, 1.82) is 0 Å². The number of alkyl halides is 3. The predicted molar refractivity (Wildman–Crippen MR) is 68.8 cm³/mol. The molecule has 116 valence electrons. The van der Waals surface area contributed by atoms with Gasteiger partial charge in [-0.15, -0.1) is 0 Å². The molecule has 2 N–H and O–H groups in total. The van der Waals surface area contributed by atoms with E-state index in [9.17, 15) is 23.1 Å². The number of aliphatic hydroxyl groups is 1. The minimum absolute atomic E-state index is 0.0861. The summed E-state index contributed by atoms with van der Waals surface area (Å²) in [7, 11) is 0. The van der Waals surface area contributed by atoms with Crippen molar-refractivity contribution in [3.63, 3.8) is 0 Å². The largest absolute Gasteiger partial charge is 0.465 e. The van der Waals surface area contributed by atoms with Gasteiger partial charge in [-0.25, -0.2) is 4.79 Å². The van der Waals surface area contributed by atoms with Crippen molar-refractivity contribution < 1.29 is 28.2 Å². The maximum absolute atomic E-state index is 12.7. The van der Waals surface area contributed by atoms with Crippen molar-refractivity contribution in [2.45, 2.75) is 37.6 Å². The van der Waals surface area contributed by atoms with E-state index in [1.54, 1.807) is 0 Å². The fourth-order valence-corrected chi connectivity index (χ4v) is 2.64. The molecule has 1 heterocycles. The smallest absolute Gasteiger partial charge is 0.416 e. The highest BCUT2D eigenvalue weighted by Crippen LogP contribution is 2.33. The lowest BCUT2D eigenvalue weighted by Crippen LogP contribution is -2.46. The molecule has 7 heteroatoms. The summed E-state index contributed by atoms with van der Waals surface area (Å²) >= 11 is 0. The number of carbonyl (C=O) groups is 1. The van der Waals surface area contributed by atoms with Crippen molar-refractivity contribution in [1.82, 2.24) is 4.90 Å². The van der Waals surface area contributed by atoms with Crippen LogP contribution < -0.4 is 0 Å². The maximum atomic E-state index is 12.7. The van der Waals surface area contributed by atoms with Crippen LogP contribution in [0.5, 0.6) is 0 Å². The molecule has 0 unspecified atom stereocenters. The molecule has 0 radical (unpaired) electrons. The Balaban J connectivity index is 2.26. The van der Waals surface area contributed by atoms with E-state index in [0.29, 0.717) is 12.8 Å². The molecule has 0 aliphatic carbocycles. The van der Waals surface area contributed by atoms with E-state index in [1.807, 2.05) is 0 Å². The van der Waals surface area contributed by atoms with Crippen molar-refractivity contribution in [3.8, 4) is 0 Å². The quantitative estimate of drug-likeness (QED) is 0.881. The maximum Gasteiger partial charge on any atom is 0.416 e. The van der Waals surface area contributed by atoms with Gasteiger partial charge in [0.25, 0.3) is 0 Å². The highest BCUT2D eigenvalue weighted by molar-refractivity contribution is 5.65. The summed E-state index contributed by atoms with van der Waals surface area (Å²) < 4.78 is 38.1. The average molecular weight is 303 g/mol. The zero-order chi connectivity index (χ0) is 15.6. The third kappa shape index (κ3) is 3.47. The standard InChI is InChI=1S/C14H16F3NO3/c15-14(16,17)10-5-3-4-9(8-10)12(19)11-6-1-2-7-18(11)13(20)21/h3-5,8,11-12,19H,1-2,6-7H2,(H,20,21)/t11-,12-/m0/s1. The van der Waals surface area contributed by atoms with E-state index in [2.05, 4.69) is 0 Å². The second-order valence-corrected chi connectivity index (χ2v) is 5.11. The first-order chi connectivity index (χ1) is 9.80. The molecule has 2 rings (SSSR count). The van der Waals surface area contributed by atoms with Crippen LogP contribution in [0.25, 0.3) is 0 Å². The Hall–Kier alpha value is -1.76. The Labute approximate surface area is 119 Å². The number of amides is 1. The summed E-state index contributed by atoms with van der Waals surface area (Å²) in [5.74, 6) is 0. The van der Waals surface area contributed by atoms with Gasteiger partial charge in [-0.2, -0.15) is 13.2 Å². The Morgan fingerprint density at radius 1 is 1.33 bits per heavy atom. The zero-order valence-electron chi connectivity index (χ0n) is 11.2. The molecule has 0 aromatic heterocycles. The molecule has 21 heavy (non-hydrogen) atoms. The molecule has 1 amide bonds. The molecule has 1 aromatic rings. The van der Waals surface area contributed by atoms with Gasteiger partial charge < -0.3 is 15.1 Å². The second-order valence-electron chi connectivity index (χ2n) is 5.11. The number of carboxylic acid groups (broad SMARTS) is 1. The first-order valence-electron chi connectivity index (χ1n) is 6.65. The number of halogens is 3. The number of aliphatic hydroxyl groups excluding tert-OH is 1. The number of rotatable bonds is 2. The summed E-state index contributed by atoms with van der Waals surface area (Å²) in [4.78, 5) is 12.3. The fraction of sp³-hybridized carbons (Fsp3) is 0.500. The van der Waals surface area contributed by atoms with E-state index >= 15 is 0 Å². The molecule has 1 fully saturated rings. The lowest BCUT2D eigenvalue weighted by molar-refractivity contribution is -0.137. The van der Waals surface area contributed by atoms with Gasteiger partial charge in [0.1, 0.15) is 0 Å². The van der Waals surface area contributed by atoms with Gasteiger partial charge in [-0.1, -0.05) is 12.1 Å². The highest BCUT2D eigenvalue weighted by atomic mass is 19.4. The van der Waals surface area contributed by atoms with E-state index in [4.69, 9.17) is 5.11 Å². The number of hydrogen-bond donors (Lipinski definition) is 2. The van der Waals surface area contributed by atoms with Crippen LogP contribution in [0.1, 0.15) is 36.5 Å². The van der Waals surface area contributed by atoms with E-state index in [-0.39, 0.29) is 12.1 Å². The summed E-state index contributed by atoms with van der Waals surface area (Å²) in [5, 5.41) is 19.4. The zero-order valence-corrected chi connectivity index (χ0v) is 11.2. The molecule has 1 saturated heterocycles. The van der Waals surface area contributed by atoms with Gasteiger partial charge in [-0.3, -0.25) is 0 Å². The Morgan fingerprint density at radius 2 is 2.05 bits per heavy atom. The second kappa shape index (κ2) is 5.93. The first kappa shape index (κ1) is 15.6. The third-order valence-electron chi connectivity index (χ3n) is 3.71. The van der Waals surface area contributed by atoms with Gasteiger partial charge in [0, 0.05) is 6.54 Å². The summed E-state index contributed by atoms with van der Waals surface area (Å²) in [5.41, 5.74) is -0.764. The van der Waals surface area contributed by atoms with Crippen molar-refractivity contribution >= 4 is 6.09 Å². The van der Waals surface area contributed by atoms with Gasteiger partial charge >= 0.3 is 12.3 Å². The molecule has 0 bridgehead atoms. The average Bonchev–Trinajstić information content (AvgIpc) is 2.45. The third-order valence-corrected chi connectivity index (χ3v) is 3.71. The first-order valence-corrected chi connectivity index (χ1v) is 6.65. The van der Waals surface area contributed by atoms with Crippen LogP contribution >= 0.6 is 0 Å². The highest BCUT2D eigenvalue weighted by Gasteiger charge is 2.35. The fourth-order valence-electron chi connectivity index (χ4n) is 2.64. The van der Waals surface area contributed by atoms with Crippen LogP contribution in [0.15, 0.2) is 24.3 Å². The minimum atomic E-state index is -4.49. The van der Waals surface area contributed by atoms with Crippen molar-refractivity contribution in [3.05, 3.63) is 35.4 Å². The van der Waals surface area contributed by atoms with Crippen LogP contribution in [0.2, 0.25) is 0 Å². The molecule has 4 nitrogen and oxygen atoms in total. The van der Waals surface area contributed by atoms with Crippen molar-refractivity contribution in [2.75, 3.05) is 6.54 Å². The lowest BCUT2D eigenvalue weighted by Gasteiger charge is -2.36. The van der Waals surface area contributed by atoms with Crippen LogP contribution in [-0.2, 0) is 6.18 Å². The minimum Gasteiger partial charge on any atom is -0.465 e. The summed E-state index contributed by atoms with van der Waals surface area (Å²) in [6.07, 6.45) is -5.05. The monoisotopic (exact) mass is 303 g/mol. The van der Waals surface area contributed by atoms with E-state index in [0.717, 1.165) is 23.5 Å². The molecular formula is C14H16F3NO3. The number of benzene rings is 1. The number of hydrogen-bond acceptors (Lipinski definition) is 2. The number of nitrogens with zero attached hydrogens (tertiary/aromatic N) is 1. The van der Waals surface area contributed by atoms with Crippen LogP contribution in [0.3, 0.4) is 0 Å². The van der Waals surface area contributed by atoms with Gasteiger partial charge in [0.2, 0.25) is 0 Å². The lowest BCUT2D eigenvalue weighted by atomic mass is 9.92. The topological polar surface area (TPSA) is 60.8 Å². The Kier molecular flexibility index (Phi) is 4.41. The molecule has 2 atom stereocenters. The van der Waals surface area contributed by atoms with Gasteiger partial charge in [-0.05, 0) is 37.0 Å².